The van der Waals surface area contributed by atoms with Crippen LogP contribution in [0.25, 0.3) is 0 Å². The summed E-state index contributed by atoms with van der Waals surface area (Å²) in [5.74, 6) is 1.85. The average molecular weight is 430 g/mol. The fraction of sp³-hybridized carbons (Fsp3) is 0.696. The van der Waals surface area contributed by atoms with Crippen LogP contribution in [0.1, 0.15) is 64.7 Å². The minimum Gasteiger partial charge on any atom is -0.452 e. The summed E-state index contributed by atoms with van der Waals surface area (Å²) in [6, 6.07) is 4.94. The first kappa shape index (κ1) is 22.9. The van der Waals surface area contributed by atoms with Crippen LogP contribution in [0.3, 0.4) is 0 Å². The Hall–Kier alpha value is -1.79. The van der Waals surface area contributed by atoms with Crippen molar-refractivity contribution >= 4 is 5.97 Å². The molecule has 2 fully saturated rings. The highest BCUT2D eigenvalue weighted by Crippen LogP contribution is 2.42. The van der Waals surface area contributed by atoms with E-state index >= 15 is 0 Å². The molecule has 0 saturated heterocycles. The summed E-state index contributed by atoms with van der Waals surface area (Å²) in [6.07, 6.45) is 1.78. The van der Waals surface area contributed by atoms with Crippen LogP contribution < -0.4 is 9.47 Å². The van der Waals surface area contributed by atoms with Gasteiger partial charge in [0.15, 0.2) is 0 Å². The summed E-state index contributed by atoms with van der Waals surface area (Å²) < 4.78 is 59.1. The highest BCUT2D eigenvalue weighted by atomic mass is 19.4. The summed E-state index contributed by atoms with van der Waals surface area (Å²) >= 11 is 0. The number of alkyl halides is 4. The lowest BCUT2D eigenvalue weighted by Gasteiger charge is -2.37. The van der Waals surface area contributed by atoms with Gasteiger partial charge in [-0.1, -0.05) is 26.2 Å². The van der Waals surface area contributed by atoms with Crippen molar-refractivity contribution in [1.29, 1.82) is 0 Å². The minimum atomic E-state index is -5.08. The van der Waals surface area contributed by atoms with Crippen molar-refractivity contribution in [3.63, 3.8) is 0 Å². The summed E-state index contributed by atoms with van der Waals surface area (Å²) in [5, 5.41) is 0. The molecule has 1 aromatic carbocycles. The highest BCUT2D eigenvalue weighted by molar-refractivity contribution is 5.75. The zero-order chi connectivity index (χ0) is 21.7. The van der Waals surface area contributed by atoms with Crippen LogP contribution in [0.15, 0.2) is 24.3 Å². The molecule has 2 aliphatic rings. The summed E-state index contributed by atoms with van der Waals surface area (Å²) in [5.41, 5.74) is 0. The molecule has 0 spiro atoms. The largest absolute Gasteiger partial charge is 0.457 e. The van der Waals surface area contributed by atoms with Crippen LogP contribution in [0.2, 0.25) is 0 Å². The van der Waals surface area contributed by atoms with Gasteiger partial charge in [-0.2, -0.15) is 17.6 Å². The Balaban J connectivity index is 1.43. The molecule has 0 aromatic heterocycles. The van der Waals surface area contributed by atoms with Crippen molar-refractivity contribution in [3.05, 3.63) is 24.3 Å². The van der Waals surface area contributed by atoms with Crippen molar-refractivity contribution in [2.24, 2.45) is 23.7 Å². The third kappa shape index (κ3) is 6.11. The fourth-order valence-corrected chi connectivity index (χ4v) is 4.87. The maximum Gasteiger partial charge on any atom is 0.457 e. The van der Waals surface area contributed by atoms with Gasteiger partial charge in [-0.3, -0.25) is 4.79 Å². The van der Waals surface area contributed by atoms with Gasteiger partial charge in [-0.05, 0) is 80.5 Å². The number of hydrogen-bond donors (Lipinski definition) is 0. The van der Waals surface area contributed by atoms with E-state index in [1.807, 2.05) is 0 Å². The Morgan fingerprint density at radius 1 is 0.933 bits per heavy atom. The second-order valence-corrected chi connectivity index (χ2v) is 8.67. The van der Waals surface area contributed by atoms with Gasteiger partial charge in [0.1, 0.15) is 11.5 Å². The predicted octanol–water partition coefficient (Wildman–Crippen LogP) is 6.85. The molecule has 2 saturated carbocycles. The molecule has 0 radical (unpaired) electrons. The van der Waals surface area contributed by atoms with Crippen LogP contribution in [-0.2, 0) is 4.79 Å². The molecule has 3 rings (SSSR count). The van der Waals surface area contributed by atoms with Gasteiger partial charge in [-0.15, -0.1) is 0 Å². The lowest BCUT2D eigenvalue weighted by molar-refractivity contribution is -0.236. The van der Waals surface area contributed by atoms with Gasteiger partial charge in [0.2, 0.25) is 0 Å². The van der Waals surface area contributed by atoms with Crippen molar-refractivity contribution in [2.45, 2.75) is 77.2 Å². The number of esters is 1. The van der Waals surface area contributed by atoms with Gasteiger partial charge < -0.3 is 9.47 Å². The van der Waals surface area contributed by atoms with E-state index in [9.17, 15) is 22.4 Å². The lowest BCUT2D eigenvalue weighted by atomic mass is 9.69. The molecular weight excluding hydrogens is 400 g/mol. The van der Waals surface area contributed by atoms with E-state index in [1.54, 1.807) is 0 Å². The molecule has 1 aromatic rings. The molecule has 3 nitrogen and oxygen atoms in total. The number of carbonyl (C=O) groups excluding carboxylic acids is 1. The maximum atomic E-state index is 12.9. The molecule has 0 N–H and O–H groups in total. The third-order valence-electron chi connectivity index (χ3n) is 6.78. The van der Waals surface area contributed by atoms with Crippen LogP contribution in [-0.4, -0.2) is 18.5 Å². The Kier molecular flexibility index (Phi) is 7.64. The van der Waals surface area contributed by atoms with Gasteiger partial charge in [0.05, 0.1) is 5.92 Å². The molecule has 0 aliphatic heterocycles. The monoisotopic (exact) mass is 430 g/mol. The van der Waals surface area contributed by atoms with Gasteiger partial charge in [0.25, 0.3) is 0 Å². The predicted molar refractivity (Wildman–Crippen MR) is 105 cm³/mol. The van der Waals surface area contributed by atoms with Gasteiger partial charge >= 0.3 is 18.5 Å². The van der Waals surface area contributed by atoms with Crippen LogP contribution >= 0.6 is 0 Å². The quantitative estimate of drug-likeness (QED) is 0.281. The smallest absolute Gasteiger partial charge is 0.452 e. The number of rotatable bonds is 6. The van der Waals surface area contributed by atoms with Crippen molar-refractivity contribution in [3.8, 4) is 11.5 Å². The number of benzene rings is 1. The zero-order valence-corrected chi connectivity index (χ0v) is 17.3. The van der Waals surface area contributed by atoms with Gasteiger partial charge in [-0.25, -0.2) is 0 Å². The Bertz CT molecular complexity index is 673. The third-order valence-corrected chi connectivity index (χ3v) is 6.78. The Morgan fingerprint density at radius 2 is 1.43 bits per heavy atom. The first-order valence-electron chi connectivity index (χ1n) is 11.0. The van der Waals surface area contributed by atoms with E-state index in [2.05, 4.69) is 11.7 Å². The molecule has 1 atom stereocenters. The molecule has 0 heterocycles. The normalized spacial score (nSPS) is 28.6. The molecule has 1 unspecified atom stereocenters. The Morgan fingerprint density at radius 3 is 1.93 bits per heavy atom. The topological polar surface area (TPSA) is 35.5 Å². The van der Waals surface area contributed by atoms with Crippen molar-refractivity contribution < 1.29 is 31.8 Å². The van der Waals surface area contributed by atoms with Crippen molar-refractivity contribution in [1.82, 2.24) is 0 Å². The zero-order valence-electron chi connectivity index (χ0n) is 17.3. The number of hydrogen-bond acceptors (Lipinski definition) is 3. The molecule has 2 aliphatic carbocycles. The van der Waals surface area contributed by atoms with E-state index in [1.165, 1.54) is 44.2 Å². The molecule has 168 valence electrons. The second kappa shape index (κ2) is 10.0. The van der Waals surface area contributed by atoms with E-state index in [-0.39, 0.29) is 23.4 Å². The maximum absolute atomic E-state index is 12.9. The van der Waals surface area contributed by atoms with E-state index in [0.717, 1.165) is 49.7 Å². The molecule has 0 bridgehead atoms. The summed E-state index contributed by atoms with van der Waals surface area (Å²) in [4.78, 5) is 12.5. The number of ether oxygens (including phenoxy) is 2. The van der Waals surface area contributed by atoms with E-state index < -0.39 is 12.5 Å². The standard InChI is InChI=1S/C23H30F4O3/c1-2-15-3-5-16(6-4-15)17-7-9-18(10-8-17)21(28)29-19-11-13-20(14-12-19)30-22(24)23(25,26)27/h11-18,22H,2-10H2,1H3. The van der Waals surface area contributed by atoms with Crippen LogP contribution in [0.5, 0.6) is 11.5 Å². The first-order valence-corrected chi connectivity index (χ1v) is 11.0. The van der Waals surface area contributed by atoms with Crippen molar-refractivity contribution in [2.75, 3.05) is 0 Å². The SMILES string of the molecule is CCC1CCC(C2CCC(C(=O)Oc3ccc(OC(F)C(F)(F)F)cc3)CC2)CC1. The van der Waals surface area contributed by atoms with E-state index in [0.29, 0.717) is 5.92 Å². The molecule has 7 heteroatoms. The number of carbonyl (C=O) groups is 1. The molecular formula is C23H30F4O3. The number of halogens is 4. The van der Waals surface area contributed by atoms with Crippen LogP contribution in [0, 0.1) is 23.7 Å². The van der Waals surface area contributed by atoms with Crippen LogP contribution in [0.4, 0.5) is 17.6 Å². The van der Waals surface area contributed by atoms with Gasteiger partial charge in [0, 0.05) is 0 Å². The summed E-state index contributed by atoms with van der Waals surface area (Å²) in [6.45, 7) is 2.27. The lowest BCUT2D eigenvalue weighted by Crippen LogP contribution is -2.30. The second-order valence-electron chi connectivity index (χ2n) is 8.67. The fourth-order valence-electron chi connectivity index (χ4n) is 4.87. The summed E-state index contributed by atoms with van der Waals surface area (Å²) in [7, 11) is 0. The average Bonchev–Trinajstić information content (AvgIpc) is 2.74. The Labute approximate surface area is 175 Å². The highest BCUT2D eigenvalue weighted by Gasteiger charge is 2.42. The molecule has 30 heavy (non-hydrogen) atoms. The van der Waals surface area contributed by atoms with E-state index in [4.69, 9.17) is 4.74 Å². The first-order chi connectivity index (χ1) is 14.3. The minimum absolute atomic E-state index is 0.149. The molecule has 0 amide bonds.